The van der Waals surface area contributed by atoms with E-state index in [-0.39, 0.29) is 5.96 Å². The van der Waals surface area contributed by atoms with Gasteiger partial charge in [-0.3, -0.25) is 9.98 Å². The zero-order valence-electron chi connectivity index (χ0n) is 7.48. The zero-order chi connectivity index (χ0) is 9.52. The highest BCUT2D eigenvalue weighted by Crippen LogP contribution is 1.99. The number of rotatable bonds is 4. The van der Waals surface area contributed by atoms with Gasteiger partial charge in [-0.1, -0.05) is 6.07 Å². The molecule has 70 valence electrons. The maximum atomic E-state index is 5.19. The van der Waals surface area contributed by atoms with Crippen LogP contribution in [-0.2, 0) is 6.42 Å². The molecule has 4 N–H and O–H groups in total. The highest BCUT2D eigenvalue weighted by Gasteiger charge is 1.91. The molecule has 0 saturated heterocycles. The minimum absolute atomic E-state index is 0.159. The monoisotopic (exact) mass is 178 g/mol. The van der Waals surface area contributed by atoms with Gasteiger partial charge in [-0.05, 0) is 24.5 Å². The molecule has 0 aliphatic heterocycles. The summed E-state index contributed by atoms with van der Waals surface area (Å²) >= 11 is 0. The molecular formula is C9H14N4. The van der Waals surface area contributed by atoms with Crippen molar-refractivity contribution in [2.45, 2.75) is 12.8 Å². The smallest absolute Gasteiger partial charge is 0.185 e. The first-order chi connectivity index (χ1) is 6.29. The van der Waals surface area contributed by atoms with E-state index in [1.165, 1.54) is 5.56 Å². The van der Waals surface area contributed by atoms with Crippen molar-refractivity contribution in [3.8, 4) is 0 Å². The fourth-order valence-electron chi connectivity index (χ4n) is 1.04. The van der Waals surface area contributed by atoms with Gasteiger partial charge in [0.05, 0.1) is 0 Å². The Labute approximate surface area is 77.7 Å². The molecule has 0 aromatic carbocycles. The summed E-state index contributed by atoms with van der Waals surface area (Å²) in [6.07, 6.45) is 5.53. The molecule has 0 aliphatic carbocycles. The van der Waals surface area contributed by atoms with Crippen LogP contribution >= 0.6 is 0 Å². The Morgan fingerprint density at radius 1 is 1.46 bits per heavy atom. The van der Waals surface area contributed by atoms with E-state index in [4.69, 9.17) is 11.5 Å². The minimum atomic E-state index is 0.159. The van der Waals surface area contributed by atoms with Crippen LogP contribution in [-0.4, -0.2) is 17.5 Å². The SMILES string of the molecule is NC(N)=NCCCc1cccnc1. The second-order valence-corrected chi connectivity index (χ2v) is 2.77. The maximum Gasteiger partial charge on any atom is 0.185 e. The van der Waals surface area contributed by atoms with Crippen molar-refractivity contribution >= 4 is 5.96 Å². The molecule has 0 saturated carbocycles. The lowest BCUT2D eigenvalue weighted by atomic mass is 10.2. The van der Waals surface area contributed by atoms with E-state index in [0.29, 0.717) is 6.54 Å². The average molecular weight is 178 g/mol. The fourth-order valence-corrected chi connectivity index (χ4v) is 1.04. The van der Waals surface area contributed by atoms with E-state index in [1.807, 2.05) is 18.3 Å². The van der Waals surface area contributed by atoms with Crippen LogP contribution in [0, 0.1) is 0 Å². The lowest BCUT2D eigenvalue weighted by Crippen LogP contribution is -2.23. The van der Waals surface area contributed by atoms with Crippen LogP contribution in [0.25, 0.3) is 0 Å². The van der Waals surface area contributed by atoms with Crippen molar-refractivity contribution in [1.29, 1.82) is 0 Å². The van der Waals surface area contributed by atoms with Crippen LogP contribution < -0.4 is 11.5 Å². The maximum absolute atomic E-state index is 5.19. The zero-order valence-corrected chi connectivity index (χ0v) is 7.48. The van der Waals surface area contributed by atoms with Crippen molar-refractivity contribution in [2.75, 3.05) is 6.54 Å². The van der Waals surface area contributed by atoms with Crippen molar-refractivity contribution in [3.63, 3.8) is 0 Å². The summed E-state index contributed by atoms with van der Waals surface area (Å²) in [6, 6.07) is 3.97. The van der Waals surface area contributed by atoms with E-state index >= 15 is 0 Å². The third kappa shape index (κ3) is 4.10. The van der Waals surface area contributed by atoms with Gasteiger partial charge in [-0.25, -0.2) is 0 Å². The van der Waals surface area contributed by atoms with Crippen LogP contribution in [0.3, 0.4) is 0 Å². The molecule has 0 spiro atoms. The number of aliphatic imine (C=N–C) groups is 1. The highest BCUT2D eigenvalue weighted by molar-refractivity contribution is 5.75. The van der Waals surface area contributed by atoms with Gasteiger partial charge in [0.15, 0.2) is 5.96 Å². The third-order valence-electron chi connectivity index (χ3n) is 1.64. The topological polar surface area (TPSA) is 77.3 Å². The van der Waals surface area contributed by atoms with Gasteiger partial charge in [-0.15, -0.1) is 0 Å². The molecule has 0 aliphatic rings. The van der Waals surface area contributed by atoms with Crippen LogP contribution in [0.4, 0.5) is 0 Å². The Morgan fingerprint density at radius 3 is 2.92 bits per heavy atom. The average Bonchev–Trinajstić information content (AvgIpc) is 2.14. The lowest BCUT2D eigenvalue weighted by molar-refractivity contribution is 0.827. The number of nitrogens with zero attached hydrogens (tertiary/aromatic N) is 2. The van der Waals surface area contributed by atoms with E-state index in [9.17, 15) is 0 Å². The number of guanidine groups is 1. The van der Waals surface area contributed by atoms with Gasteiger partial charge >= 0.3 is 0 Å². The van der Waals surface area contributed by atoms with Crippen molar-refractivity contribution in [1.82, 2.24) is 4.98 Å². The molecule has 0 amide bonds. The quantitative estimate of drug-likeness (QED) is 0.395. The van der Waals surface area contributed by atoms with Gasteiger partial charge in [0.1, 0.15) is 0 Å². The number of nitrogens with two attached hydrogens (primary N) is 2. The molecule has 13 heavy (non-hydrogen) atoms. The first-order valence-electron chi connectivity index (χ1n) is 4.23. The predicted molar refractivity (Wildman–Crippen MR) is 53.2 cm³/mol. The molecular weight excluding hydrogens is 164 g/mol. The van der Waals surface area contributed by atoms with Gasteiger partial charge in [0.25, 0.3) is 0 Å². The summed E-state index contributed by atoms with van der Waals surface area (Å²) in [5, 5.41) is 0. The molecule has 1 aromatic heterocycles. The Hall–Kier alpha value is -1.58. The Kier molecular flexibility index (Phi) is 3.75. The van der Waals surface area contributed by atoms with E-state index in [1.54, 1.807) is 6.20 Å². The summed E-state index contributed by atoms with van der Waals surface area (Å²) < 4.78 is 0. The number of hydrogen-bond donors (Lipinski definition) is 2. The predicted octanol–water partition coefficient (Wildman–Crippen LogP) is 0.288. The Bertz CT molecular complexity index is 264. The van der Waals surface area contributed by atoms with Gasteiger partial charge in [-0.2, -0.15) is 0 Å². The molecule has 0 bridgehead atoms. The van der Waals surface area contributed by atoms with E-state index in [0.717, 1.165) is 12.8 Å². The number of aromatic nitrogens is 1. The molecule has 4 heteroatoms. The molecule has 1 heterocycles. The first-order valence-corrected chi connectivity index (χ1v) is 4.23. The largest absolute Gasteiger partial charge is 0.370 e. The molecule has 1 rings (SSSR count). The van der Waals surface area contributed by atoms with Crippen LogP contribution in [0.5, 0.6) is 0 Å². The van der Waals surface area contributed by atoms with Gasteiger partial charge < -0.3 is 11.5 Å². The second kappa shape index (κ2) is 5.13. The number of hydrogen-bond acceptors (Lipinski definition) is 2. The molecule has 1 aromatic rings. The summed E-state index contributed by atoms with van der Waals surface area (Å²) in [5.41, 5.74) is 11.6. The molecule has 0 fully saturated rings. The van der Waals surface area contributed by atoms with Crippen molar-refractivity contribution < 1.29 is 0 Å². The van der Waals surface area contributed by atoms with Crippen LogP contribution in [0.2, 0.25) is 0 Å². The van der Waals surface area contributed by atoms with Crippen molar-refractivity contribution in [2.24, 2.45) is 16.5 Å². The molecule has 0 atom stereocenters. The first kappa shape index (κ1) is 9.51. The fraction of sp³-hybridized carbons (Fsp3) is 0.333. The minimum Gasteiger partial charge on any atom is -0.370 e. The molecule has 0 radical (unpaired) electrons. The van der Waals surface area contributed by atoms with Gasteiger partial charge in [0.2, 0.25) is 0 Å². The standard InChI is InChI=1S/C9H14N4/c10-9(11)13-6-2-4-8-3-1-5-12-7-8/h1,3,5,7H,2,4,6H2,(H4,10,11,13). The highest BCUT2D eigenvalue weighted by atomic mass is 15.0. The van der Waals surface area contributed by atoms with E-state index in [2.05, 4.69) is 9.98 Å². The molecule has 0 unspecified atom stereocenters. The van der Waals surface area contributed by atoms with Crippen LogP contribution in [0.1, 0.15) is 12.0 Å². The van der Waals surface area contributed by atoms with Crippen molar-refractivity contribution in [3.05, 3.63) is 30.1 Å². The number of pyridine rings is 1. The lowest BCUT2D eigenvalue weighted by Gasteiger charge is -1.97. The normalized spacial score (nSPS) is 9.54. The van der Waals surface area contributed by atoms with Crippen LogP contribution in [0.15, 0.2) is 29.5 Å². The van der Waals surface area contributed by atoms with E-state index < -0.39 is 0 Å². The second-order valence-electron chi connectivity index (χ2n) is 2.77. The summed E-state index contributed by atoms with van der Waals surface area (Å²) in [4.78, 5) is 7.90. The summed E-state index contributed by atoms with van der Waals surface area (Å²) in [6.45, 7) is 0.678. The third-order valence-corrected chi connectivity index (χ3v) is 1.64. The number of aryl methyl sites for hydroxylation is 1. The Morgan fingerprint density at radius 2 is 2.31 bits per heavy atom. The summed E-state index contributed by atoms with van der Waals surface area (Å²) in [7, 11) is 0. The Balaban J connectivity index is 2.25. The van der Waals surface area contributed by atoms with Gasteiger partial charge in [0, 0.05) is 18.9 Å². The molecule has 4 nitrogen and oxygen atoms in total. The summed E-state index contributed by atoms with van der Waals surface area (Å²) in [5.74, 6) is 0.159.